The molecule has 0 bridgehead atoms. The van der Waals surface area contributed by atoms with Crippen LogP contribution in [0.5, 0.6) is 0 Å². The number of hydrogen-bond acceptors (Lipinski definition) is 2. The van der Waals surface area contributed by atoms with Gasteiger partial charge in [-0.3, -0.25) is 0 Å². The van der Waals surface area contributed by atoms with Crippen molar-refractivity contribution in [1.29, 1.82) is 0 Å². The highest BCUT2D eigenvalue weighted by Crippen LogP contribution is 2.42. The number of rotatable bonds is 2. The van der Waals surface area contributed by atoms with Gasteiger partial charge >= 0.3 is 12.4 Å². The van der Waals surface area contributed by atoms with Gasteiger partial charge in [0.15, 0.2) is 0 Å². The van der Waals surface area contributed by atoms with Gasteiger partial charge in [0.05, 0.1) is 17.2 Å². The summed E-state index contributed by atoms with van der Waals surface area (Å²) in [5.74, 6) is 0. The van der Waals surface area contributed by atoms with Crippen molar-refractivity contribution >= 4 is 0 Å². The second-order valence-electron chi connectivity index (χ2n) is 4.07. The highest BCUT2D eigenvalue weighted by atomic mass is 19.4. The van der Waals surface area contributed by atoms with Crippen LogP contribution in [0, 0.1) is 0 Å². The van der Waals surface area contributed by atoms with E-state index in [-0.39, 0.29) is 0 Å². The summed E-state index contributed by atoms with van der Waals surface area (Å²) in [5, 5.41) is 9.56. The van der Waals surface area contributed by atoms with Crippen LogP contribution < -0.4 is 5.73 Å². The van der Waals surface area contributed by atoms with Crippen LogP contribution in [0.4, 0.5) is 26.3 Å². The molecule has 0 spiro atoms. The third kappa shape index (κ3) is 3.38. The van der Waals surface area contributed by atoms with Gasteiger partial charge in [-0.2, -0.15) is 26.3 Å². The molecule has 0 fully saturated rings. The summed E-state index contributed by atoms with van der Waals surface area (Å²) in [6, 6.07) is 0.333. The van der Waals surface area contributed by atoms with Gasteiger partial charge in [-0.25, -0.2) is 0 Å². The molecule has 3 N–H and O–H groups in total. The van der Waals surface area contributed by atoms with Crippen LogP contribution in [0.2, 0.25) is 0 Å². The van der Waals surface area contributed by atoms with Crippen molar-refractivity contribution in [3.8, 4) is 0 Å². The van der Waals surface area contributed by atoms with Gasteiger partial charge in [-0.1, -0.05) is 6.07 Å². The molecule has 1 aromatic rings. The molecule has 0 saturated carbocycles. The van der Waals surface area contributed by atoms with E-state index in [0.717, 1.165) is 6.92 Å². The third-order valence-electron chi connectivity index (χ3n) is 2.51. The highest BCUT2D eigenvalue weighted by molar-refractivity contribution is 5.41. The molecular weight excluding hydrogens is 276 g/mol. The van der Waals surface area contributed by atoms with E-state index in [4.69, 9.17) is 5.73 Å². The maximum absolute atomic E-state index is 12.7. The molecule has 0 aromatic heterocycles. The predicted molar refractivity (Wildman–Crippen MR) is 55.1 cm³/mol. The van der Waals surface area contributed by atoms with Crippen molar-refractivity contribution in [2.24, 2.45) is 5.73 Å². The summed E-state index contributed by atoms with van der Waals surface area (Å²) < 4.78 is 76.3. The first-order chi connectivity index (χ1) is 8.46. The van der Waals surface area contributed by atoms with E-state index in [0.29, 0.717) is 18.2 Å². The maximum atomic E-state index is 12.7. The number of aliphatic hydroxyl groups excluding tert-OH is 1. The fraction of sp³-hybridized carbons (Fsp3) is 0.455. The Hall–Kier alpha value is -1.28. The van der Waals surface area contributed by atoms with Crippen LogP contribution in [0.3, 0.4) is 0 Å². The van der Waals surface area contributed by atoms with Crippen LogP contribution in [0.1, 0.15) is 29.7 Å². The van der Waals surface area contributed by atoms with Gasteiger partial charge in [0.2, 0.25) is 0 Å². The molecule has 108 valence electrons. The summed E-state index contributed by atoms with van der Waals surface area (Å²) in [6.45, 7) is 1.12. The lowest BCUT2D eigenvalue weighted by Gasteiger charge is -2.24. The van der Waals surface area contributed by atoms with E-state index >= 15 is 0 Å². The Balaban J connectivity index is 3.60. The van der Waals surface area contributed by atoms with Crippen molar-refractivity contribution < 1.29 is 31.4 Å². The van der Waals surface area contributed by atoms with E-state index in [9.17, 15) is 31.4 Å². The van der Waals surface area contributed by atoms with Gasteiger partial charge in [0.1, 0.15) is 0 Å². The van der Waals surface area contributed by atoms with Gasteiger partial charge in [-0.15, -0.1) is 0 Å². The van der Waals surface area contributed by atoms with Crippen LogP contribution in [-0.2, 0) is 12.4 Å². The molecule has 0 radical (unpaired) electrons. The van der Waals surface area contributed by atoms with Gasteiger partial charge in [-0.05, 0) is 19.1 Å². The minimum Gasteiger partial charge on any atom is -0.387 e. The summed E-state index contributed by atoms with van der Waals surface area (Å²) >= 11 is 0. The van der Waals surface area contributed by atoms with Crippen LogP contribution in [0.15, 0.2) is 18.2 Å². The molecule has 0 heterocycles. The average Bonchev–Trinajstić information content (AvgIpc) is 2.24. The van der Waals surface area contributed by atoms with Gasteiger partial charge < -0.3 is 10.8 Å². The Kier molecular flexibility index (Phi) is 4.16. The maximum Gasteiger partial charge on any atom is 0.416 e. The average molecular weight is 287 g/mol. The Labute approximate surface area is 104 Å². The largest absolute Gasteiger partial charge is 0.416 e. The number of nitrogens with two attached hydrogens (primary N) is 1. The summed E-state index contributed by atoms with van der Waals surface area (Å²) in [4.78, 5) is 0. The molecule has 0 aliphatic carbocycles. The summed E-state index contributed by atoms with van der Waals surface area (Å²) in [6.07, 6.45) is -12.1. The van der Waals surface area contributed by atoms with E-state index in [2.05, 4.69) is 0 Å². The fourth-order valence-corrected chi connectivity index (χ4v) is 1.64. The summed E-state index contributed by atoms with van der Waals surface area (Å²) in [5.41, 5.74) is 0.899. The van der Waals surface area contributed by atoms with Crippen LogP contribution >= 0.6 is 0 Å². The lowest BCUT2D eigenvalue weighted by Crippen LogP contribution is -2.29. The monoisotopic (exact) mass is 287 g/mol. The third-order valence-corrected chi connectivity index (χ3v) is 2.51. The standard InChI is InChI=1S/C11H11F6NO/c1-5(18)9(19)8-6(10(12,13)14)3-2-4-7(8)11(15,16)17/h2-5,9,19H,18H2,1H3/t5-,9-/m0/s1. The highest BCUT2D eigenvalue weighted by Gasteiger charge is 2.42. The minimum atomic E-state index is -5.01. The SMILES string of the molecule is C[C@H](N)[C@H](O)c1c(C(F)(F)F)cccc1C(F)(F)F. The number of hydrogen-bond donors (Lipinski definition) is 2. The van der Waals surface area contributed by atoms with Crippen molar-refractivity contribution in [1.82, 2.24) is 0 Å². The molecule has 1 rings (SSSR count). The molecule has 8 heteroatoms. The van der Waals surface area contributed by atoms with E-state index in [1.54, 1.807) is 0 Å². The zero-order chi connectivity index (χ0) is 15.0. The zero-order valence-electron chi connectivity index (χ0n) is 9.68. The predicted octanol–water partition coefficient (Wildman–Crippen LogP) is 3.10. The van der Waals surface area contributed by atoms with Crippen molar-refractivity contribution in [3.63, 3.8) is 0 Å². The first-order valence-corrected chi connectivity index (χ1v) is 5.17. The summed E-state index contributed by atoms with van der Waals surface area (Å²) in [7, 11) is 0. The number of alkyl halides is 6. The van der Waals surface area contributed by atoms with Gasteiger partial charge in [0, 0.05) is 11.6 Å². The molecule has 0 aliphatic heterocycles. The zero-order valence-corrected chi connectivity index (χ0v) is 9.68. The quantitative estimate of drug-likeness (QED) is 0.821. The molecule has 0 saturated heterocycles. The van der Waals surface area contributed by atoms with Crippen molar-refractivity contribution in [2.45, 2.75) is 31.4 Å². The molecule has 19 heavy (non-hydrogen) atoms. The Morgan fingerprint density at radius 3 is 1.63 bits per heavy atom. The van der Waals surface area contributed by atoms with Crippen LogP contribution in [-0.4, -0.2) is 11.1 Å². The number of halogens is 6. The van der Waals surface area contributed by atoms with E-state index in [1.807, 2.05) is 0 Å². The molecular formula is C11H11F6NO. The first kappa shape index (κ1) is 15.8. The topological polar surface area (TPSA) is 46.2 Å². The Bertz CT molecular complexity index is 419. The molecule has 1 aromatic carbocycles. The Morgan fingerprint density at radius 1 is 1.00 bits per heavy atom. The number of benzene rings is 1. The Morgan fingerprint density at radius 2 is 1.37 bits per heavy atom. The molecule has 2 atom stereocenters. The van der Waals surface area contributed by atoms with Gasteiger partial charge in [0.25, 0.3) is 0 Å². The lowest BCUT2D eigenvalue weighted by atomic mass is 9.92. The lowest BCUT2D eigenvalue weighted by molar-refractivity contribution is -0.146. The second-order valence-corrected chi connectivity index (χ2v) is 4.07. The van der Waals surface area contributed by atoms with E-state index < -0.39 is 41.2 Å². The smallest absolute Gasteiger partial charge is 0.387 e. The second kappa shape index (κ2) is 5.01. The molecule has 2 nitrogen and oxygen atoms in total. The molecule has 0 amide bonds. The fourth-order valence-electron chi connectivity index (χ4n) is 1.64. The first-order valence-electron chi connectivity index (χ1n) is 5.17. The normalized spacial score (nSPS) is 16.3. The number of aliphatic hydroxyl groups is 1. The van der Waals surface area contributed by atoms with Crippen molar-refractivity contribution in [3.05, 3.63) is 34.9 Å². The van der Waals surface area contributed by atoms with E-state index in [1.165, 1.54) is 0 Å². The van der Waals surface area contributed by atoms with Crippen LogP contribution in [0.25, 0.3) is 0 Å². The molecule has 0 unspecified atom stereocenters. The minimum absolute atomic E-state index is 0.482. The van der Waals surface area contributed by atoms with Crippen molar-refractivity contribution in [2.75, 3.05) is 0 Å². The molecule has 0 aliphatic rings.